The second kappa shape index (κ2) is 6.09. The molecule has 0 spiro atoms. The Morgan fingerprint density at radius 3 is 1.78 bits per heavy atom. The zero-order valence-electron chi connectivity index (χ0n) is 6.69. The number of rotatable bonds is 1. The van der Waals surface area contributed by atoms with Crippen LogP contribution in [0.4, 0.5) is 0 Å². The van der Waals surface area contributed by atoms with Crippen LogP contribution >= 0.6 is 0 Å². The van der Waals surface area contributed by atoms with Gasteiger partial charge in [0, 0.05) is 0 Å². The van der Waals surface area contributed by atoms with Crippen molar-refractivity contribution >= 4 is 0 Å². The van der Waals surface area contributed by atoms with E-state index in [1.807, 2.05) is 6.92 Å². The van der Waals surface area contributed by atoms with E-state index in [2.05, 4.69) is 6.92 Å². The maximum Gasteiger partial charge on any atom is -0.0106 e. The van der Waals surface area contributed by atoms with Crippen molar-refractivity contribution < 1.29 is 0 Å². The van der Waals surface area contributed by atoms with E-state index in [0.717, 1.165) is 12.5 Å². The third kappa shape index (κ3) is 4.46. The number of hydrogen-bond acceptors (Lipinski definition) is 1. The Balaban J connectivity index is 0.000000187. The molecule has 1 aliphatic rings. The molecule has 0 bridgehead atoms. The van der Waals surface area contributed by atoms with Gasteiger partial charge in [0.25, 0.3) is 0 Å². The summed E-state index contributed by atoms with van der Waals surface area (Å²) in [5, 5.41) is 0. The molecule has 0 aromatic heterocycles. The maximum absolute atomic E-state index is 4.85. The standard InChI is InChI=1S/C6H12.C2H7N/c1-2-6-4-3-5-6;1-2-3/h6H,2-5H2,1H3;2-3H2,1H3. The maximum atomic E-state index is 4.85. The molecule has 0 unspecified atom stereocenters. The normalized spacial score (nSPS) is 17.7. The molecule has 0 radical (unpaired) electrons. The van der Waals surface area contributed by atoms with Crippen molar-refractivity contribution in [1.82, 2.24) is 0 Å². The highest BCUT2D eigenvalue weighted by atomic mass is 14.5. The van der Waals surface area contributed by atoms with Gasteiger partial charge in [0.15, 0.2) is 0 Å². The molecule has 0 heterocycles. The molecule has 0 aromatic carbocycles. The fourth-order valence-electron chi connectivity index (χ4n) is 0.901. The largest absolute Gasteiger partial charge is 0.331 e. The summed E-state index contributed by atoms with van der Waals surface area (Å²) in [6.07, 6.45) is 5.94. The molecule has 1 rings (SSSR count). The first kappa shape index (κ1) is 8.96. The topological polar surface area (TPSA) is 26.0 Å². The van der Waals surface area contributed by atoms with Crippen LogP contribution in [0.5, 0.6) is 0 Å². The summed E-state index contributed by atoms with van der Waals surface area (Å²) < 4.78 is 0. The Bertz CT molecular complexity index is 45.8. The molecule has 0 aliphatic heterocycles. The van der Waals surface area contributed by atoms with Gasteiger partial charge in [-0.15, -0.1) is 0 Å². The Kier molecular flexibility index (Phi) is 6.06. The number of nitrogens with two attached hydrogens (primary N) is 1. The highest BCUT2D eigenvalue weighted by molar-refractivity contribution is 4.66. The zero-order chi connectivity index (χ0) is 7.11. The predicted octanol–water partition coefficient (Wildman–Crippen LogP) is 2.16. The van der Waals surface area contributed by atoms with Gasteiger partial charge in [0.05, 0.1) is 0 Å². The number of hydrogen-bond donors (Lipinski definition) is 1. The van der Waals surface area contributed by atoms with Crippen molar-refractivity contribution in [2.24, 2.45) is 11.7 Å². The second-order valence-electron chi connectivity index (χ2n) is 2.61. The molecule has 1 fully saturated rings. The highest BCUT2D eigenvalue weighted by Gasteiger charge is 2.13. The SMILES string of the molecule is CCC1CCC1.CCN. The van der Waals surface area contributed by atoms with Crippen LogP contribution in [-0.2, 0) is 0 Å². The lowest BCUT2D eigenvalue weighted by Gasteiger charge is -2.22. The fraction of sp³-hybridized carbons (Fsp3) is 1.00. The molecular weight excluding hydrogens is 110 g/mol. The minimum Gasteiger partial charge on any atom is -0.331 e. The van der Waals surface area contributed by atoms with Gasteiger partial charge in [-0.2, -0.15) is 0 Å². The van der Waals surface area contributed by atoms with E-state index in [-0.39, 0.29) is 0 Å². The van der Waals surface area contributed by atoms with E-state index < -0.39 is 0 Å². The van der Waals surface area contributed by atoms with E-state index in [1.54, 1.807) is 0 Å². The van der Waals surface area contributed by atoms with Crippen LogP contribution < -0.4 is 5.73 Å². The van der Waals surface area contributed by atoms with E-state index in [9.17, 15) is 0 Å². The molecule has 0 aromatic rings. The van der Waals surface area contributed by atoms with Crippen LogP contribution in [0.1, 0.15) is 39.5 Å². The average molecular weight is 129 g/mol. The molecule has 0 saturated heterocycles. The fourth-order valence-corrected chi connectivity index (χ4v) is 0.901. The van der Waals surface area contributed by atoms with Crippen LogP contribution in [0, 0.1) is 5.92 Å². The summed E-state index contributed by atoms with van der Waals surface area (Å²) >= 11 is 0. The average Bonchev–Trinajstić information content (AvgIpc) is 1.64. The third-order valence-electron chi connectivity index (χ3n) is 1.80. The van der Waals surface area contributed by atoms with Gasteiger partial charge in [-0.3, -0.25) is 0 Å². The minimum atomic E-state index is 0.750. The quantitative estimate of drug-likeness (QED) is 0.577. The van der Waals surface area contributed by atoms with Crippen molar-refractivity contribution in [1.29, 1.82) is 0 Å². The molecule has 0 atom stereocenters. The van der Waals surface area contributed by atoms with Crippen molar-refractivity contribution in [3.8, 4) is 0 Å². The van der Waals surface area contributed by atoms with Gasteiger partial charge < -0.3 is 5.73 Å². The van der Waals surface area contributed by atoms with Crippen LogP contribution in [-0.4, -0.2) is 6.54 Å². The van der Waals surface area contributed by atoms with Crippen LogP contribution in [0.3, 0.4) is 0 Å². The first-order valence-electron chi connectivity index (χ1n) is 4.05. The van der Waals surface area contributed by atoms with Crippen molar-refractivity contribution in [3.63, 3.8) is 0 Å². The Hall–Kier alpha value is -0.0400. The van der Waals surface area contributed by atoms with Crippen LogP contribution in [0.25, 0.3) is 0 Å². The molecule has 2 N–H and O–H groups in total. The lowest BCUT2D eigenvalue weighted by atomic mass is 9.84. The van der Waals surface area contributed by atoms with E-state index in [1.165, 1.54) is 25.7 Å². The minimum absolute atomic E-state index is 0.750. The Morgan fingerprint density at radius 1 is 1.33 bits per heavy atom. The molecule has 9 heavy (non-hydrogen) atoms. The van der Waals surface area contributed by atoms with Gasteiger partial charge >= 0.3 is 0 Å². The molecule has 1 heteroatoms. The predicted molar refractivity (Wildman–Crippen MR) is 42.4 cm³/mol. The van der Waals surface area contributed by atoms with Crippen LogP contribution in [0.2, 0.25) is 0 Å². The van der Waals surface area contributed by atoms with Crippen molar-refractivity contribution in [2.75, 3.05) is 6.54 Å². The molecule has 1 aliphatic carbocycles. The first-order valence-corrected chi connectivity index (χ1v) is 4.05. The third-order valence-corrected chi connectivity index (χ3v) is 1.80. The van der Waals surface area contributed by atoms with Gasteiger partial charge in [-0.25, -0.2) is 0 Å². The first-order chi connectivity index (χ1) is 4.35. The Labute approximate surface area is 58.6 Å². The summed E-state index contributed by atoms with van der Waals surface area (Å²) in [5.74, 6) is 1.12. The molecule has 0 amide bonds. The van der Waals surface area contributed by atoms with E-state index >= 15 is 0 Å². The lowest BCUT2D eigenvalue weighted by molar-refractivity contribution is 0.307. The summed E-state index contributed by atoms with van der Waals surface area (Å²) in [6.45, 7) is 4.93. The van der Waals surface area contributed by atoms with Gasteiger partial charge in [0.2, 0.25) is 0 Å². The van der Waals surface area contributed by atoms with Crippen molar-refractivity contribution in [2.45, 2.75) is 39.5 Å². The van der Waals surface area contributed by atoms with E-state index in [0.29, 0.717) is 0 Å². The van der Waals surface area contributed by atoms with E-state index in [4.69, 9.17) is 5.73 Å². The smallest absolute Gasteiger partial charge is 0.0106 e. The molecule has 56 valence electrons. The summed E-state index contributed by atoms with van der Waals surface area (Å²) in [5.41, 5.74) is 4.85. The monoisotopic (exact) mass is 129 g/mol. The highest BCUT2D eigenvalue weighted by Crippen LogP contribution is 2.28. The summed E-state index contributed by atoms with van der Waals surface area (Å²) in [6, 6.07) is 0. The van der Waals surface area contributed by atoms with Crippen LogP contribution in [0.15, 0.2) is 0 Å². The lowest BCUT2D eigenvalue weighted by Crippen LogP contribution is -2.08. The van der Waals surface area contributed by atoms with Crippen molar-refractivity contribution in [3.05, 3.63) is 0 Å². The zero-order valence-corrected chi connectivity index (χ0v) is 6.69. The summed E-state index contributed by atoms with van der Waals surface area (Å²) in [4.78, 5) is 0. The summed E-state index contributed by atoms with van der Waals surface area (Å²) in [7, 11) is 0. The molecule has 1 nitrogen and oxygen atoms in total. The van der Waals surface area contributed by atoms with Gasteiger partial charge in [-0.05, 0) is 12.5 Å². The second-order valence-corrected chi connectivity index (χ2v) is 2.61. The van der Waals surface area contributed by atoms with Gasteiger partial charge in [-0.1, -0.05) is 39.5 Å². The Morgan fingerprint density at radius 2 is 1.78 bits per heavy atom. The van der Waals surface area contributed by atoms with Gasteiger partial charge in [0.1, 0.15) is 0 Å². The molecular formula is C8H19N. The molecule has 1 saturated carbocycles.